The third-order valence-electron chi connectivity index (χ3n) is 3.08. The number of fused-ring (bicyclic) bond motifs is 1. The molecule has 0 fully saturated rings. The van der Waals surface area contributed by atoms with Crippen LogP contribution in [0, 0.1) is 0 Å². The molecule has 18 heavy (non-hydrogen) atoms. The Morgan fingerprint density at radius 2 is 2.06 bits per heavy atom. The van der Waals surface area contributed by atoms with Crippen molar-refractivity contribution in [2.45, 2.75) is 37.1 Å². The lowest BCUT2D eigenvalue weighted by atomic mass is 10.1. The van der Waals surface area contributed by atoms with E-state index in [0.29, 0.717) is 12.8 Å². The molecule has 1 aliphatic rings. The van der Waals surface area contributed by atoms with Gasteiger partial charge in [0, 0.05) is 23.1 Å². The van der Waals surface area contributed by atoms with Crippen molar-refractivity contribution in [3.05, 3.63) is 29.3 Å². The summed E-state index contributed by atoms with van der Waals surface area (Å²) in [6, 6.07) is 4.92. The predicted molar refractivity (Wildman–Crippen MR) is 69.1 cm³/mol. The van der Waals surface area contributed by atoms with Crippen LogP contribution in [0.25, 0.3) is 0 Å². The van der Waals surface area contributed by atoms with Gasteiger partial charge in [-0.15, -0.1) is 0 Å². The number of benzene rings is 1. The van der Waals surface area contributed by atoms with Crippen LogP contribution in [0.4, 0.5) is 0 Å². The lowest BCUT2D eigenvalue weighted by Gasteiger charge is -2.10. The van der Waals surface area contributed by atoms with Gasteiger partial charge in [0.05, 0.1) is 4.90 Å². The molecular weight excluding hydrogens is 274 g/mol. The number of carbonyl (C=O) groups excluding carboxylic acids is 1. The van der Waals surface area contributed by atoms with Crippen molar-refractivity contribution in [2.75, 3.05) is 0 Å². The van der Waals surface area contributed by atoms with Crippen LogP contribution in [0.3, 0.4) is 0 Å². The molecule has 2 rings (SSSR count). The quantitative estimate of drug-likeness (QED) is 0.859. The summed E-state index contributed by atoms with van der Waals surface area (Å²) >= 11 is 0. The molecule has 0 aliphatic heterocycles. The molecule has 6 heteroatoms. The van der Waals surface area contributed by atoms with Crippen LogP contribution in [-0.4, -0.2) is 20.4 Å². The van der Waals surface area contributed by atoms with Gasteiger partial charge in [-0.1, -0.05) is 13.0 Å². The van der Waals surface area contributed by atoms with Gasteiger partial charge in [-0.3, -0.25) is 4.79 Å². The molecule has 0 bridgehead atoms. The Morgan fingerprint density at radius 1 is 1.39 bits per heavy atom. The molecule has 1 aromatic rings. The Balaban J connectivity index is 2.18. The number of rotatable bonds is 3. The van der Waals surface area contributed by atoms with Crippen LogP contribution in [0.1, 0.15) is 24.5 Å². The number of hydrogen-bond acceptors (Lipinski definition) is 3. The third-order valence-corrected chi connectivity index (χ3v) is 4.43. The molecule has 0 saturated heterocycles. The van der Waals surface area contributed by atoms with Crippen molar-refractivity contribution in [3.8, 4) is 0 Å². The van der Waals surface area contributed by atoms with Crippen LogP contribution in [0.5, 0.6) is 0 Å². The highest BCUT2D eigenvalue weighted by Crippen LogP contribution is 2.26. The van der Waals surface area contributed by atoms with Gasteiger partial charge in [-0.25, -0.2) is 8.42 Å². The van der Waals surface area contributed by atoms with E-state index in [9.17, 15) is 13.2 Å². The molecule has 1 atom stereocenters. The summed E-state index contributed by atoms with van der Waals surface area (Å²) in [7, 11) is 1.62. The Labute approximate surface area is 111 Å². The zero-order valence-corrected chi connectivity index (χ0v) is 11.5. The largest absolute Gasteiger partial charge is 0.353 e. The molecule has 0 spiro atoms. The van der Waals surface area contributed by atoms with Crippen LogP contribution < -0.4 is 5.32 Å². The first kappa shape index (κ1) is 13.4. The summed E-state index contributed by atoms with van der Waals surface area (Å²) in [6.07, 6.45) is 1.85. The summed E-state index contributed by atoms with van der Waals surface area (Å²) in [6.45, 7) is 1.80. The zero-order valence-electron chi connectivity index (χ0n) is 9.94. The molecule has 0 unspecified atom stereocenters. The highest BCUT2D eigenvalue weighted by atomic mass is 35.7. The molecule has 1 amide bonds. The number of hydrogen-bond donors (Lipinski definition) is 1. The molecule has 98 valence electrons. The second kappa shape index (κ2) is 4.90. The van der Waals surface area contributed by atoms with Crippen molar-refractivity contribution >= 4 is 25.6 Å². The van der Waals surface area contributed by atoms with Crippen LogP contribution in [-0.2, 0) is 26.7 Å². The molecule has 0 radical (unpaired) electrons. The standard InChI is InChI=1S/C12H14ClNO3S/c1-2-12(15)14-10-5-8-3-4-11(18(13,16)17)7-9(8)6-10/h3-4,7,10H,2,5-6H2,1H3,(H,14,15)/t10-/m1/s1. The Kier molecular flexibility index (Phi) is 3.64. The van der Waals surface area contributed by atoms with Gasteiger partial charge in [-0.2, -0.15) is 0 Å². The van der Waals surface area contributed by atoms with E-state index in [1.807, 2.05) is 0 Å². The maximum absolute atomic E-state index is 11.3. The van der Waals surface area contributed by atoms with E-state index < -0.39 is 9.05 Å². The molecule has 0 saturated carbocycles. The Hall–Kier alpha value is -1.07. The monoisotopic (exact) mass is 287 g/mol. The second-order valence-electron chi connectivity index (χ2n) is 4.39. The summed E-state index contributed by atoms with van der Waals surface area (Å²) < 4.78 is 22.5. The van der Waals surface area contributed by atoms with Crippen molar-refractivity contribution in [2.24, 2.45) is 0 Å². The first-order valence-corrected chi connectivity index (χ1v) is 8.07. The predicted octanol–water partition coefficient (Wildman–Crippen LogP) is 1.61. The highest BCUT2D eigenvalue weighted by molar-refractivity contribution is 8.13. The number of carbonyl (C=O) groups is 1. The maximum atomic E-state index is 11.3. The maximum Gasteiger partial charge on any atom is 0.261 e. The molecule has 4 nitrogen and oxygen atoms in total. The summed E-state index contributed by atoms with van der Waals surface area (Å²) in [5.41, 5.74) is 2.01. The molecule has 1 aliphatic carbocycles. The van der Waals surface area contributed by atoms with E-state index in [0.717, 1.165) is 17.5 Å². The van der Waals surface area contributed by atoms with E-state index in [2.05, 4.69) is 5.32 Å². The number of nitrogens with one attached hydrogen (secondary N) is 1. The fourth-order valence-electron chi connectivity index (χ4n) is 2.18. The Morgan fingerprint density at radius 3 is 2.67 bits per heavy atom. The van der Waals surface area contributed by atoms with Gasteiger partial charge >= 0.3 is 0 Å². The van der Waals surface area contributed by atoms with E-state index in [1.165, 1.54) is 6.07 Å². The third kappa shape index (κ3) is 2.84. The average molecular weight is 288 g/mol. The minimum atomic E-state index is -3.68. The Bertz CT molecular complexity index is 583. The molecular formula is C12H14ClNO3S. The van der Waals surface area contributed by atoms with Crippen molar-refractivity contribution in [1.82, 2.24) is 5.32 Å². The van der Waals surface area contributed by atoms with E-state index >= 15 is 0 Å². The highest BCUT2D eigenvalue weighted by Gasteiger charge is 2.24. The minimum absolute atomic E-state index is 0.0120. The summed E-state index contributed by atoms with van der Waals surface area (Å²) in [5, 5.41) is 2.91. The first-order valence-electron chi connectivity index (χ1n) is 5.76. The van der Waals surface area contributed by atoms with Crippen molar-refractivity contribution < 1.29 is 13.2 Å². The minimum Gasteiger partial charge on any atom is -0.353 e. The molecule has 0 heterocycles. The van der Waals surface area contributed by atoms with E-state index in [4.69, 9.17) is 10.7 Å². The smallest absolute Gasteiger partial charge is 0.261 e. The number of halogens is 1. The van der Waals surface area contributed by atoms with Gasteiger partial charge in [0.25, 0.3) is 9.05 Å². The average Bonchev–Trinajstić information content (AvgIpc) is 2.68. The van der Waals surface area contributed by atoms with Crippen molar-refractivity contribution in [3.63, 3.8) is 0 Å². The second-order valence-corrected chi connectivity index (χ2v) is 6.96. The topological polar surface area (TPSA) is 63.2 Å². The van der Waals surface area contributed by atoms with Crippen LogP contribution in [0.2, 0.25) is 0 Å². The lowest BCUT2D eigenvalue weighted by Crippen LogP contribution is -2.34. The van der Waals surface area contributed by atoms with E-state index in [-0.39, 0.29) is 16.8 Å². The van der Waals surface area contributed by atoms with Crippen LogP contribution in [0.15, 0.2) is 23.1 Å². The SMILES string of the molecule is CCC(=O)N[C@@H]1Cc2ccc(S(=O)(=O)Cl)cc2C1. The summed E-state index contributed by atoms with van der Waals surface area (Å²) in [5.74, 6) is 0.0120. The van der Waals surface area contributed by atoms with Gasteiger partial charge in [-0.05, 0) is 36.1 Å². The number of amides is 1. The summed E-state index contributed by atoms with van der Waals surface area (Å²) in [4.78, 5) is 11.4. The molecule has 0 aromatic heterocycles. The van der Waals surface area contributed by atoms with Gasteiger partial charge < -0.3 is 5.32 Å². The van der Waals surface area contributed by atoms with Crippen molar-refractivity contribution in [1.29, 1.82) is 0 Å². The van der Waals surface area contributed by atoms with Crippen LogP contribution >= 0.6 is 10.7 Å². The van der Waals surface area contributed by atoms with E-state index in [1.54, 1.807) is 19.1 Å². The molecule has 1 N–H and O–H groups in total. The van der Waals surface area contributed by atoms with Gasteiger partial charge in [0.15, 0.2) is 0 Å². The lowest BCUT2D eigenvalue weighted by molar-refractivity contribution is -0.121. The van der Waals surface area contributed by atoms with Gasteiger partial charge in [0.2, 0.25) is 5.91 Å². The van der Waals surface area contributed by atoms with Gasteiger partial charge in [0.1, 0.15) is 0 Å². The normalized spacial score (nSPS) is 18.4. The molecule has 1 aromatic carbocycles. The fourth-order valence-corrected chi connectivity index (χ4v) is 2.98. The fraction of sp³-hybridized carbons (Fsp3) is 0.417. The zero-order chi connectivity index (χ0) is 13.3. The first-order chi connectivity index (χ1) is 8.40.